The summed E-state index contributed by atoms with van der Waals surface area (Å²) >= 11 is 0. The van der Waals surface area contributed by atoms with Gasteiger partial charge < -0.3 is 15.1 Å². The van der Waals surface area contributed by atoms with Gasteiger partial charge in [0, 0.05) is 49.8 Å². The lowest BCUT2D eigenvalue weighted by atomic mass is 10.1. The van der Waals surface area contributed by atoms with Gasteiger partial charge in [-0.1, -0.05) is 12.5 Å². The second-order valence-corrected chi connectivity index (χ2v) is 6.47. The first-order chi connectivity index (χ1) is 13.5. The first kappa shape index (κ1) is 19.1. The number of carbonyl (C=O) groups excluding carboxylic acids is 2. The van der Waals surface area contributed by atoms with Crippen molar-refractivity contribution in [3.05, 3.63) is 60.4 Å². The van der Waals surface area contributed by atoms with Crippen LogP contribution in [0, 0.1) is 12.3 Å². The van der Waals surface area contributed by atoms with Crippen molar-refractivity contribution in [1.82, 2.24) is 14.9 Å². The van der Waals surface area contributed by atoms with E-state index >= 15 is 0 Å². The molecule has 1 aliphatic heterocycles. The van der Waals surface area contributed by atoms with Crippen LogP contribution in [0.2, 0.25) is 0 Å². The van der Waals surface area contributed by atoms with Gasteiger partial charge in [0.2, 0.25) is 11.9 Å². The third-order valence-corrected chi connectivity index (χ3v) is 4.63. The highest BCUT2D eigenvalue weighted by Crippen LogP contribution is 2.19. The summed E-state index contributed by atoms with van der Waals surface area (Å²) in [5, 5.41) is 3.23. The molecule has 2 heterocycles. The highest BCUT2D eigenvalue weighted by molar-refractivity contribution is 6.01. The van der Waals surface area contributed by atoms with E-state index in [4.69, 9.17) is 6.42 Å². The van der Waals surface area contributed by atoms with E-state index in [1.165, 1.54) is 11.0 Å². The van der Waals surface area contributed by atoms with Gasteiger partial charge in [-0.15, -0.1) is 6.42 Å². The summed E-state index contributed by atoms with van der Waals surface area (Å²) in [7, 11) is 1.66. The third-order valence-electron chi connectivity index (χ3n) is 4.63. The topological polar surface area (TPSA) is 78.4 Å². The van der Waals surface area contributed by atoms with Crippen LogP contribution in [-0.2, 0) is 4.79 Å². The van der Waals surface area contributed by atoms with E-state index in [1.807, 2.05) is 0 Å². The van der Waals surface area contributed by atoms with Crippen LogP contribution in [0.3, 0.4) is 0 Å². The van der Waals surface area contributed by atoms with Crippen LogP contribution in [0.15, 0.2) is 49.3 Å². The summed E-state index contributed by atoms with van der Waals surface area (Å²) in [6.07, 6.45) is 10.5. The molecule has 0 spiro atoms. The van der Waals surface area contributed by atoms with Crippen molar-refractivity contribution in [2.45, 2.75) is 12.5 Å². The Kier molecular flexibility index (Phi) is 5.70. The molecule has 1 unspecified atom stereocenters. The fourth-order valence-electron chi connectivity index (χ4n) is 3.00. The number of likely N-dealkylation sites (N-methyl/N-ethyl adjacent to an activating group) is 1. The number of hydrogen-bond donors (Lipinski definition) is 1. The maximum Gasteiger partial charge on any atom is 0.253 e. The first-order valence-corrected chi connectivity index (χ1v) is 8.86. The van der Waals surface area contributed by atoms with E-state index in [9.17, 15) is 9.59 Å². The number of anilines is 2. The number of benzene rings is 1. The molecule has 3 rings (SSSR count). The second-order valence-electron chi connectivity index (χ2n) is 6.47. The van der Waals surface area contributed by atoms with Crippen LogP contribution in [0.1, 0.15) is 22.3 Å². The van der Waals surface area contributed by atoms with E-state index in [0.717, 1.165) is 6.42 Å². The van der Waals surface area contributed by atoms with Gasteiger partial charge in [-0.05, 0) is 36.8 Å². The molecular weight excluding hydrogens is 354 g/mol. The standard InChI is InChI=1S/C21H21N5O2/c1-4-15-12-22-21(23-13-15)24-17-10-11-26(14-17)20(28)16-6-8-18(9-7-16)25(3)19(27)5-2/h1,5-9,12-13,17H,2,10-11,14H2,3H3,(H,22,23,24). The molecular formula is C21H21N5O2. The van der Waals surface area contributed by atoms with Gasteiger partial charge >= 0.3 is 0 Å². The predicted molar refractivity (Wildman–Crippen MR) is 108 cm³/mol. The summed E-state index contributed by atoms with van der Waals surface area (Å²) in [4.78, 5) is 36.0. The largest absolute Gasteiger partial charge is 0.350 e. The van der Waals surface area contributed by atoms with Crippen molar-refractivity contribution in [2.24, 2.45) is 0 Å². The van der Waals surface area contributed by atoms with Gasteiger partial charge in [-0.3, -0.25) is 9.59 Å². The zero-order valence-electron chi connectivity index (χ0n) is 15.6. The molecule has 0 aliphatic carbocycles. The molecule has 2 amide bonds. The van der Waals surface area contributed by atoms with E-state index in [-0.39, 0.29) is 17.9 Å². The number of nitrogens with zero attached hydrogens (tertiary/aromatic N) is 4. The number of terminal acetylenes is 1. The Morgan fingerprint density at radius 2 is 2.00 bits per heavy atom. The smallest absolute Gasteiger partial charge is 0.253 e. The number of rotatable bonds is 5. The summed E-state index contributed by atoms with van der Waals surface area (Å²) < 4.78 is 0. The van der Waals surface area contributed by atoms with Crippen LogP contribution in [-0.4, -0.2) is 52.9 Å². The first-order valence-electron chi connectivity index (χ1n) is 8.86. The normalized spacial score (nSPS) is 15.6. The van der Waals surface area contributed by atoms with E-state index in [0.29, 0.717) is 35.9 Å². The molecule has 7 heteroatoms. The highest BCUT2D eigenvalue weighted by Gasteiger charge is 2.27. The fourth-order valence-corrected chi connectivity index (χ4v) is 3.00. The van der Waals surface area contributed by atoms with Crippen molar-refractivity contribution in [3.63, 3.8) is 0 Å². The van der Waals surface area contributed by atoms with Gasteiger partial charge in [-0.2, -0.15) is 0 Å². The van der Waals surface area contributed by atoms with Gasteiger partial charge in [0.05, 0.1) is 5.56 Å². The highest BCUT2D eigenvalue weighted by atomic mass is 16.2. The summed E-state index contributed by atoms with van der Waals surface area (Å²) in [5.74, 6) is 2.73. The van der Waals surface area contributed by atoms with E-state index in [2.05, 4.69) is 27.8 Å². The Hall–Kier alpha value is -3.66. The molecule has 0 bridgehead atoms. The molecule has 7 nitrogen and oxygen atoms in total. The molecule has 1 atom stereocenters. The number of amides is 2. The average molecular weight is 375 g/mol. The Balaban J connectivity index is 1.60. The van der Waals surface area contributed by atoms with Crippen molar-refractivity contribution >= 4 is 23.5 Å². The molecule has 28 heavy (non-hydrogen) atoms. The van der Waals surface area contributed by atoms with Crippen LogP contribution in [0.25, 0.3) is 0 Å². The zero-order chi connectivity index (χ0) is 20.1. The molecule has 1 N–H and O–H groups in total. The van der Waals surface area contributed by atoms with Crippen molar-refractivity contribution < 1.29 is 9.59 Å². The molecule has 0 radical (unpaired) electrons. The average Bonchev–Trinajstić information content (AvgIpc) is 3.21. The van der Waals surface area contributed by atoms with Crippen LogP contribution in [0.5, 0.6) is 0 Å². The number of nitrogens with one attached hydrogen (secondary N) is 1. The number of aromatic nitrogens is 2. The van der Waals surface area contributed by atoms with Crippen molar-refractivity contribution in [3.8, 4) is 12.3 Å². The lowest BCUT2D eigenvalue weighted by molar-refractivity contribution is -0.113. The number of likely N-dealkylation sites (tertiary alicyclic amines) is 1. The molecule has 142 valence electrons. The summed E-state index contributed by atoms with van der Waals surface area (Å²) in [6, 6.07) is 7.04. The van der Waals surface area contributed by atoms with E-state index < -0.39 is 0 Å². The Labute approximate surface area is 164 Å². The predicted octanol–water partition coefficient (Wildman–Crippen LogP) is 1.93. The molecule has 2 aromatic rings. The fraction of sp³-hybridized carbons (Fsp3) is 0.238. The molecule has 1 fully saturated rings. The SMILES string of the molecule is C#Cc1cnc(NC2CCN(C(=O)c3ccc(N(C)C(=O)C=C)cc3)C2)nc1. The van der Waals surface area contributed by atoms with Gasteiger partial charge in [0.25, 0.3) is 5.91 Å². The Morgan fingerprint density at radius 3 is 2.61 bits per heavy atom. The molecule has 1 aromatic heterocycles. The minimum Gasteiger partial charge on any atom is -0.350 e. The Morgan fingerprint density at radius 1 is 1.32 bits per heavy atom. The monoisotopic (exact) mass is 375 g/mol. The van der Waals surface area contributed by atoms with Crippen molar-refractivity contribution in [1.29, 1.82) is 0 Å². The maximum atomic E-state index is 12.7. The summed E-state index contributed by atoms with van der Waals surface area (Å²) in [6.45, 7) is 4.69. The molecule has 0 saturated carbocycles. The second kappa shape index (κ2) is 8.35. The number of carbonyl (C=O) groups is 2. The van der Waals surface area contributed by atoms with Crippen LogP contribution < -0.4 is 10.2 Å². The van der Waals surface area contributed by atoms with Crippen LogP contribution in [0.4, 0.5) is 11.6 Å². The molecule has 1 saturated heterocycles. The number of hydrogen-bond acceptors (Lipinski definition) is 5. The van der Waals surface area contributed by atoms with Crippen molar-refractivity contribution in [2.75, 3.05) is 30.4 Å². The molecule has 1 aromatic carbocycles. The van der Waals surface area contributed by atoms with E-state index in [1.54, 1.807) is 48.6 Å². The quantitative estimate of drug-likeness (QED) is 0.638. The lowest BCUT2D eigenvalue weighted by Gasteiger charge is -2.19. The third kappa shape index (κ3) is 4.18. The maximum absolute atomic E-state index is 12.7. The lowest BCUT2D eigenvalue weighted by Crippen LogP contribution is -2.32. The zero-order valence-corrected chi connectivity index (χ0v) is 15.6. The Bertz CT molecular complexity index is 915. The van der Waals surface area contributed by atoms with Gasteiger partial charge in [0.15, 0.2) is 0 Å². The molecule has 1 aliphatic rings. The summed E-state index contributed by atoms with van der Waals surface area (Å²) in [5.41, 5.74) is 1.91. The van der Waals surface area contributed by atoms with Gasteiger partial charge in [-0.25, -0.2) is 9.97 Å². The van der Waals surface area contributed by atoms with Crippen LogP contribution >= 0.6 is 0 Å². The minimum atomic E-state index is -0.204. The minimum absolute atomic E-state index is 0.0443. The van der Waals surface area contributed by atoms with Gasteiger partial charge in [0.1, 0.15) is 0 Å².